The van der Waals surface area contributed by atoms with Crippen molar-refractivity contribution in [2.24, 2.45) is 0 Å². The smallest absolute Gasteiger partial charge is 0.354 e. The summed E-state index contributed by atoms with van der Waals surface area (Å²) >= 11 is 0. The highest BCUT2D eigenvalue weighted by atomic mass is 19.1. The third-order valence-corrected chi connectivity index (χ3v) is 4.19. The number of benzene rings is 1. The Morgan fingerprint density at radius 2 is 2.00 bits per heavy atom. The number of rotatable bonds is 6. The normalized spacial score (nSPS) is 16.4. The third kappa shape index (κ3) is 4.43. The molecule has 0 spiro atoms. The average molecular weight is 358 g/mol. The van der Waals surface area contributed by atoms with Crippen LogP contribution < -0.4 is 0 Å². The minimum atomic E-state index is -1.20. The third-order valence-electron chi connectivity index (χ3n) is 4.19. The topological polar surface area (TPSA) is 79.7 Å². The van der Waals surface area contributed by atoms with Crippen LogP contribution in [0.2, 0.25) is 0 Å². The summed E-state index contributed by atoms with van der Waals surface area (Å²) in [6, 6.07) is 10.3. The lowest BCUT2D eigenvalue weighted by Gasteiger charge is -2.25. The second kappa shape index (κ2) is 8.05. The zero-order chi connectivity index (χ0) is 18.5. The fourth-order valence-electron chi connectivity index (χ4n) is 2.94. The highest BCUT2D eigenvalue weighted by Crippen LogP contribution is 2.17. The van der Waals surface area contributed by atoms with Crippen LogP contribution in [0.15, 0.2) is 42.5 Å². The summed E-state index contributed by atoms with van der Waals surface area (Å²) in [4.78, 5) is 29.5. The Kier molecular flexibility index (Phi) is 5.58. The van der Waals surface area contributed by atoms with E-state index in [4.69, 9.17) is 9.84 Å². The molecule has 0 saturated carbocycles. The molecule has 1 saturated heterocycles. The zero-order valence-corrected chi connectivity index (χ0v) is 14.1. The van der Waals surface area contributed by atoms with Gasteiger partial charge in [0, 0.05) is 19.7 Å². The predicted octanol–water partition coefficient (Wildman–Crippen LogP) is 2.74. The fraction of sp³-hybridized carbons (Fsp3) is 0.316. The Balaban J connectivity index is 1.84. The lowest BCUT2D eigenvalue weighted by Crippen LogP contribution is -2.37. The van der Waals surface area contributed by atoms with E-state index in [1.807, 2.05) is 0 Å². The zero-order valence-electron chi connectivity index (χ0n) is 14.1. The van der Waals surface area contributed by atoms with E-state index in [2.05, 4.69) is 4.98 Å². The standard InChI is InChI=1S/C19H19FN2O4/c20-14-5-1-4-13(10-14)11-22(12-15-6-3-9-26-15)18(23)16-7-2-8-17(21-16)19(24)25/h1-2,4-5,7-8,10,15H,3,6,9,11-12H2,(H,24,25). The molecular weight excluding hydrogens is 339 g/mol. The van der Waals surface area contributed by atoms with Crippen molar-refractivity contribution in [3.05, 3.63) is 65.2 Å². The molecule has 3 rings (SSSR count). The van der Waals surface area contributed by atoms with Gasteiger partial charge in [-0.05, 0) is 42.7 Å². The molecule has 136 valence electrons. The Hall–Kier alpha value is -2.80. The summed E-state index contributed by atoms with van der Waals surface area (Å²) in [5.74, 6) is -1.98. The number of aromatic nitrogens is 1. The monoisotopic (exact) mass is 358 g/mol. The maximum absolute atomic E-state index is 13.5. The molecular formula is C19H19FN2O4. The SMILES string of the molecule is O=C(O)c1cccc(C(=O)N(Cc2cccc(F)c2)CC2CCCO2)n1. The van der Waals surface area contributed by atoms with Gasteiger partial charge in [0.25, 0.3) is 5.91 Å². The summed E-state index contributed by atoms with van der Waals surface area (Å²) in [6.07, 6.45) is 1.68. The van der Waals surface area contributed by atoms with Gasteiger partial charge in [-0.2, -0.15) is 0 Å². The molecule has 2 heterocycles. The molecule has 1 amide bonds. The van der Waals surface area contributed by atoms with Crippen LogP contribution in [0.1, 0.15) is 39.4 Å². The van der Waals surface area contributed by atoms with Gasteiger partial charge < -0.3 is 14.7 Å². The number of carboxylic acids is 1. The number of halogens is 1. The van der Waals surface area contributed by atoms with Gasteiger partial charge in [-0.15, -0.1) is 0 Å². The molecule has 0 bridgehead atoms. The minimum absolute atomic E-state index is 0.0410. The Morgan fingerprint density at radius 3 is 2.69 bits per heavy atom. The van der Waals surface area contributed by atoms with E-state index >= 15 is 0 Å². The molecule has 0 aliphatic carbocycles. The molecule has 1 aromatic carbocycles. The summed E-state index contributed by atoms with van der Waals surface area (Å²) in [5.41, 5.74) is 0.490. The largest absolute Gasteiger partial charge is 0.477 e. The number of aromatic carboxylic acids is 1. The lowest BCUT2D eigenvalue weighted by atomic mass is 10.1. The Morgan fingerprint density at radius 1 is 1.23 bits per heavy atom. The van der Waals surface area contributed by atoms with E-state index in [0.717, 1.165) is 12.8 Å². The highest BCUT2D eigenvalue weighted by Gasteiger charge is 2.25. The fourth-order valence-corrected chi connectivity index (χ4v) is 2.94. The van der Waals surface area contributed by atoms with Crippen LogP contribution in [0.4, 0.5) is 4.39 Å². The molecule has 1 aliphatic rings. The van der Waals surface area contributed by atoms with Crippen molar-refractivity contribution in [2.75, 3.05) is 13.2 Å². The van der Waals surface area contributed by atoms with E-state index in [-0.39, 0.29) is 29.9 Å². The van der Waals surface area contributed by atoms with E-state index in [0.29, 0.717) is 18.7 Å². The average Bonchev–Trinajstić information content (AvgIpc) is 3.14. The summed E-state index contributed by atoms with van der Waals surface area (Å²) in [7, 11) is 0. The van der Waals surface area contributed by atoms with Crippen molar-refractivity contribution in [1.82, 2.24) is 9.88 Å². The number of carboxylic acid groups (broad SMARTS) is 1. The molecule has 26 heavy (non-hydrogen) atoms. The first-order valence-electron chi connectivity index (χ1n) is 8.38. The lowest BCUT2D eigenvalue weighted by molar-refractivity contribution is 0.0502. The highest BCUT2D eigenvalue weighted by molar-refractivity contribution is 5.94. The van der Waals surface area contributed by atoms with Gasteiger partial charge in [0.1, 0.15) is 17.2 Å². The summed E-state index contributed by atoms with van der Waals surface area (Å²) < 4.78 is 19.1. The first-order valence-corrected chi connectivity index (χ1v) is 8.38. The van der Waals surface area contributed by atoms with Gasteiger partial charge >= 0.3 is 5.97 Å². The molecule has 1 N–H and O–H groups in total. The number of nitrogens with zero attached hydrogens (tertiary/aromatic N) is 2. The van der Waals surface area contributed by atoms with Crippen LogP contribution in [0, 0.1) is 5.82 Å². The van der Waals surface area contributed by atoms with Gasteiger partial charge in [0.2, 0.25) is 0 Å². The number of ether oxygens (including phenoxy) is 1. The second-order valence-electron chi connectivity index (χ2n) is 6.16. The van der Waals surface area contributed by atoms with Gasteiger partial charge in [-0.1, -0.05) is 18.2 Å². The van der Waals surface area contributed by atoms with E-state index in [1.165, 1.54) is 35.2 Å². The van der Waals surface area contributed by atoms with Crippen LogP contribution >= 0.6 is 0 Å². The molecule has 2 aromatic rings. The molecule has 1 fully saturated rings. The second-order valence-corrected chi connectivity index (χ2v) is 6.16. The number of hydrogen-bond donors (Lipinski definition) is 1. The minimum Gasteiger partial charge on any atom is -0.477 e. The molecule has 7 heteroatoms. The van der Waals surface area contributed by atoms with E-state index in [1.54, 1.807) is 12.1 Å². The van der Waals surface area contributed by atoms with Crippen molar-refractivity contribution in [3.63, 3.8) is 0 Å². The van der Waals surface area contributed by atoms with Gasteiger partial charge in [0.05, 0.1) is 6.10 Å². The quantitative estimate of drug-likeness (QED) is 0.859. The van der Waals surface area contributed by atoms with Crippen LogP contribution in [-0.4, -0.2) is 46.1 Å². The number of amides is 1. The van der Waals surface area contributed by atoms with Crippen molar-refractivity contribution in [1.29, 1.82) is 0 Å². The predicted molar refractivity (Wildman–Crippen MR) is 91.3 cm³/mol. The summed E-state index contributed by atoms with van der Waals surface area (Å²) in [6.45, 7) is 1.18. The molecule has 1 unspecified atom stereocenters. The van der Waals surface area contributed by atoms with E-state index < -0.39 is 11.9 Å². The van der Waals surface area contributed by atoms with E-state index in [9.17, 15) is 14.0 Å². The molecule has 1 aliphatic heterocycles. The van der Waals surface area contributed by atoms with Gasteiger partial charge in [-0.3, -0.25) is 4.79 Å². The van der Waals surface area contributed by atoms with Gasteiger partial charge in [0.15, 0.2) is 0 Å². The number of pyridine rings is 1. The first kappa shape index (κ1) is 18.0. The van der Waals surface area contributed by atoms with Crippen LogP contribution in [0.5, 0.6) is 0 Å². The number of carbonyl (C=O) groups is 2. The summed E-state index contributed by atoms with van der Waals surface area (Å²) in [5, 5.41) is 9.08. The maximum Gasteiger partial charge on any atom is 0.354 e. The van der Waals surface area contributed by atoms with Crippen LogP contribution in [0.3, 0.4) is 0 Å². The van der Waals surface area contributed by atoms with Crippen molar-refractivity contribution < 1.29 is 23.8 Å². The molecule has 0 radical (unpaired) electrons. The molecule has 6 nitrogen and oxygen atoms in total. The van der Waals surface area contributed by atoms with Crippen LogP contribution in [0.25, 0.3) is 0 Å². The molecule has 1 atom stereocenters. The Labute approximate surface area is 150 Å². The van der Waals surface area contributed by atoms with Gasteiger partial charge in [-0.25, -0.2) is 14.2 Å². The first-order chi connectivity index (χ1) is 12.5. The van der Waals surface area contributed by atoms with Crippen LogP contribution in [-0.2, 0) is 11.3 Å². The van der Waals surface area contributed by atoms with Crippen molar-refractivity contribution in [2.45, 2.75) is 25.5 Å². The van der Waals surface area contributed by atoms with Crippen molar-refractivity contribution >= 4 is 11.9 Å². The Bertz CT molecular complexity index is 806. The van der Waals surface area contributed by atoms with Crippen molar-refractivity contribution in [3.8, 4) is 0 Å². The maximum atomic E-state index is 13.5. The number of hydrogen-bond acceptors (Lipinski definition) is 4. The number of carbonyl (C=O) groups excluding carboxylic acids is 1. The molecule has 1 aromatic heterocycles.